The summed E-state index contributed by atoms with van der Waals surface area (Å²) in [5, 5.41) is 9.53. The van der Waals surface area contributed by atoms with Crippen molar-refractivity contribution in [2.24, 2.45) is 0 Å². The van der Waals surface area contributed by atoms with Crippen LogP contribution in [0.4, 0.5) is 0 Å². The van der Waals surface area contributed by atoms with Crippen LogP contribution in [0.15, 0.2) is 6.07 Å². The largest absolute Gasteiger partial charge is 0.480 e. The lowest BCUT2D eigenvalue weighted by Crippen LogP contribution is -2.57. The molecule has 1 unspecified atom stereocenters. The van der Waals surface area contributed by atoms with Gasteiger partial charge in [-0.2, -0.15) is 11.8 Å². The maximum absolute atomic E-state index is 12.8. The predicted molar refractivity (Wildman–Crippen MR) is 85.1 cm³/mol. The summed E-state index contributed by atoms with van der Waals surface area (Å²) in [5.74, 6) is 1.07. The molecule has 6 heteroatoms. The summed E-state index contributed by atoms with van der Waals surface area (Å²) in [6.07, 6.45) is 3.31. The van der Waals surface area contributed by atoms with Crippen molar-refractivity contribution in [2.75, 3.05) is 12.3 Å². The summed E-state index contributed by atoms with van der Waals surface area (Å²) >= 11 is 3.44. The number of hydrogen-bond donors (Lipinski definition) is 1. The summed E-state index contributed by atoms with van der Waals surface area (Å²) in [7, 11) is 0. The molecule has 1 amide bonds. The highest BCUT2D eigenvalue weighted by molar-refractivity contribution is 7.98. The third-order valence-corrected chi connectivity index (χ3v) is 6.67. The number of aliphatic carboxylic acids is 1. The molecule has 0 aliphatic carbocycles. The summed E-state index contributed by atoms with van der Waals surface area (Å²) in [4.78, 5) is 28.0. The average molecular weight is 325 g/mol. The van der Waals surface area contributed by atoms with Crippen LogP contribution in [0.25, 0.3) is 0 Å². The Balaban J connectivity index is 1.89. The summed E-state index contributed by atoms with van der Waals surface area (Å²) in [5.41, 5.74) is 0.197. The van der Waals surface area contributed by atoms with Crippen molar-refractivity contribution in [1.82, 2.24) is 4.90 Å². The summed E-state index contributed by atoms with van der Waals surface area (Å²) in [6, 6.07) is 1.98. The number of thiophene rings is 1. The molecule has 0 saturated carbocycles. The maximum Gasteiger partial charge on any atom is 0.329 e. The van der Waals surface area contributed by atoms with Crippen LogP contribution in [-0.2, 0) is 17.0 Å². The van der Waals surface area contributed by atoms with Gasteiger partial charge in [-0.3, -0.25) is 4.79 Å². The first-order valence-electron chi connectivity index (χ1n) is 7.27. The highest BCUT2D eigenvalue weighted by atomic mass is 32.2. The van der Waals surface area contributed by atoms with Crippen LogP contribution in [0.2, 0.25) is 0 Å². The van der Waals surface area contributed by atoms with E-state index in [0.29, 0.717) is 17.8 Å². The van der Waals surface area contributed by atoms with E-state index in [9.17, 15) is 14.7 Å². The van der Waals surface area contributed by atoms with Crippen molar-refractivity contribution in [1.29, 1.82) is 0 Å². The van der Waals surface area contributed by atoms with E-state index in [1.807, 2.05) is 17.8 Å². The van der Waals surface area contributed by atoms with Crippen molar-refractivity contribution in [3.8, 4) is 0 Å². The van der Waals surface area contributed by atoms with Gasteiger partial charge < -0.3 is 10.0 Å². The Labute approximate surface area is 132 Å². The van der Waals surface area contributed by atoms with Gasteiger partial charge in [-0.25, -0.2) is 4.79 Å². The predicted octanol–water partition coefficient (Wildman–Crippen LogP) is 3.01. The molecule has 0 spiro atoms. The van der Waals surface area contributed by atoms with Crippen LogP contribution in [0.3, 0.4) is 0 Å². The lowest BCUT2D eigenvalue weighted by Gasteiger charge is -2.41. The second-order valence-corrected chi connectivity index (χ2v) is 8.10. The first-order valence-corrected chi connectivity index (χ1v) is 9.24. The molecule has 4 nitrogen and oxygen atoms in total. The highest BCUT2D eigenvalue weighted by Crippen LogP contribution is 2.35. The van der Waals surface area contributed by atoms with Crippen molar-refractivity contribution in [2.45, 2.75) is 43.9 Å². The molecule has 3 heterocycles. The molecule has 2 aliphatic rings. The third-order valence-electron chi connectivity index (χ3n) is 4.44. The van der Waals surface area contributed by atoms with Crippen molar-refractivity contribution >= 4 is 35.0 Å². The Morgan fingerprint density at radius 3 is 2.90 bits per heavy atom. The lowest BCUT2D eigenvalue weighted by atomic mass is 9.88. The molecule has 0 aromatic carbocycles. The number of carbonyl (C=O) groups excluding carboxylic acids is 1. The topological polar surface area (TPSA) is 57.6 Å². The molecule has 0 radical (unpaired) electrons. The Kier molecular flexibility index (Phi) is 4.01. The van der Waals surface area contributed by atoms with Crippen molar-refractivity contribution < 1.29 is 14.7 Å². The Morgan fingerprint density at radius 2 is 2.19 bits per heavy atom. The lowest BCUT2D eigenvalue weighted by molar-refractivity contribution is -0.150. The van der Waals surface area contributed by atoms with Crippen LogP contribution in [0, 0.1) is 0 Å². The fourth-order valence-corrected chi connectivity index (χ4v) is 5.38. The van der Waals surface area contributed by atoms with E-state index in [1.54, 1.807) is 23.2 Å². The van der Waals surface area contributed by atoms with Gasteiger partial charge in [0.15, 0.2) is 0 Å². The number of likely N-dealkylation sites (tertiary alicyclic amines) is 1. The number of piperidine rings is 1. The molecule has 2 aliphatic heterocycles. The van der Waals surface area contributed by atoms with Gasteiger partial charge in [0.25, 0.3) is 5.91 Å². The minimum absolute atomic E-state index is 0.107. The summed E-state index contributed by atoms with van der Waals surface area (Å²) < 4.78 is 0. The van der Waals surface area contributed by atoms with Crippen LogP contribution in [-0.4, -0.2) is 39.7 Å². The van der Waals surface area contributed by atoms with E-state index in [4.69, 9.17) is 0 Å². The van der Waals surface area contributed by atoms with Gasteiger partial charge in [0.2, 0.25) is 0 Å². The van der Waals surface area contributed by atoms with Gasteiger partial charge in [0, 0.05) is 17.2 Å². The van der Waals surface area contributed by atoms with E-state index < -0.39 is 11.5 Å². The molecule has 21 heavy (non-hydrogen) atoms. The number of amides is 1. The van der Waals surface area contributed by atoms with Gasteiger partial charge >= 0.3 is 5.97 Å². The molecule has 3 rings (SSSR count). The number of carboxylic acids is 1. The minimum atomic E-state index is -1.06. The zero-order valence-corrected chi connectivity index (χ0v) is 13.7. The number of hydrogen-bond acceptors (Lipinski definition) is 4. The number of carbonyl (C=O) groups is 2. The molecule has 1 aromatic rings. The smallest absolute Gasteiger partial charge is 0.329 e. The number of rotatable bonds is 2. The quantitative estimate of drug-likeness (QED) is 0.908. The molecular formula is C15H19NO3S2. The first kappa shape index (κ1) is 14.9. The average Bonchev–Trinajstić information content (AvgIpc) is 2.91. The second kappa shape index (κ2) is 5.65. The molecule has 0 bridgehead atoms. The standard InChI is InChI=1S/C15H19NO3S2/c1-15(14(18)19)5-2-3-6-16(15)13(17)12-8-10-9-20-7-4-11(10)21-12/h8H,2-7,9H2,1H3,(H,18,19). The maximum atomic E-state index is 12.8. The van der Waals surface area contributed by atoms with Crippen LogP contribution >= 0.6 is 23.1 Å². The van der Waals surface area contributed by atoms with Gasteiger partial charge in [-0.1, -0.05) is 0 Å². The van der Waals surface area contributed by atoms with Gasteiger partial charge in [-0.15, -0.1) is 11.3 Å². The van der Waals surface area contributed by atoms with Crippen molar-refractivity contribution in [3.05, 3.63) is 21.4 Å². The second-order valence-electron chi connectivity index (χ2n) is 5.85. The molecule has 114 valence electrons. The fourth-order valence-electron chi connectivity index (χ4n) is 3.05. The van der Waals surface area contributed by atoms with Crippen LogP contribution in [0.1, 0.15) is 46.3 Å². The number of nitrogens with zero attached hydrogens (tertiary/aromatic N) is 1. The van der Waals surface area contributed by atoms with Gasteiger partial charge in [-0.05, 0) is 50.0 Å². The normalized spacial score (nSPS) is 25.5. The number of aryl methyl sites for hydroxylation is 1. The Bertz CT molecular complexity index is 560. The number of fused-ring (bicyclic) bond motifs is 1. The molecule has 1 N–H and O–H groups in total. The monoisotopic (exact) mass is 325 g/mol. The highest BCUT2D eigenvalue weighted by Gasteiger charge is 2.44. The molecule has 1 atom stereocenters. The zero-order chi connectivity index (χ0) is 15.0. The van der Waals surface area contributed by atoms with Crippen molar-refractivity contribution in [3.63, 3.8) is 0 Å². The van der Waals surface area contributed by atoms with Crippen LogP contribution in [0.5, 0.6) is 0 Å². The summed E-state index contributed by atoms with van der Waals surface area (Å²) in [6.45, 7) is 2.22. The minimum Gasteiger partial charge on any atom is -0.480 e. The van der Waals surface area contributed by atoms with E-state index in [0.717, 1.165) is 30.8 Å². The van der Waals surface area contributed by atoms with E-state index >= 15 is 0 Å². The van der Waals surface area contributed by atoms with Gasteiger partial charge in [0.1, 0.15) is 5.54 Å². The Hall–Kier alpha value is -1.01. The van der Waals surface area contributed by atoms with E-state index in [1.165, 1.54) is 10.4 Å². The third kappa shape index (κ3) is 2.59. The fraction of sp³-hybridized carbons (Fsp3) is 0.600. The zero-order valence-electron chi connectivity index (χ0n) is 12.1. The number of thioether (sulfide) groups is 1. The van der Waals surface area contributed by atoms with Gasteiger partial charge in [0.05, 0.1) is 4.88 Å². The van der Waals surface area contributed by atoms with Crippen LogP contribution < -0.4 is 0 Å². The molecule has 1 aromatic heterocycles. The van der Waals surface area contributed by atoms with E-state index in [2.05, 4.69) is 0 Å². The number of carboxylic acid groups (broad SMARTS) is 1. The van der Waals surface area contributed by atoms with E-state index in [-0.39, 0.29) is 5.91 Å². The molecule has 1 saturated heterocycles. The molecular weight excluding hydrogens is 306 g/mol. The molecule has 1 fully saturated rings. The first-order chi connectivity index (χ1) is 10.0. The SMILES string of the molecule is CC1(C(=O)O)CCCCN1C(=O)c1cc2c(s1)CCSC2. The Morgan fingerprint density at radius 1 is 1.38 bits per heavy atom.